The molecule has 0 radical (unpaired) electrons. The summed E-state index contributed by atoms with van der Waals surface area (Å²) in [5.41, 5.74) is 2.63. The third kappa shape index (κ3) is 3.06. The molecule has 140 valence electrons. The van der Waals surface area contributed by atoms with Crippen molar-refractivity contribution in [3.05, 3.63) is 44.5 Å². The second-order valence-electron chi connectivity index (χ2n) is 7.20. The Morgan fingerprint density at radius 3 is 2.52 bits per heavy atom. The van der Waals surface area contributed by atoms with Crippen LogP contribution in [0.5, 0.6) is 0 Å². The third-order valence-electron chi connectivity index (χ3n) is 5.50. The first kappa shape index (κ1) is 17.5. The van der Waals surface area contributed by atoms with Crippen LogP contribution in [-0.4, -0.2) is 36.1 Å². The van der Waals surface area contributed by atoms with Gasteiger partial charge in [-0.15, -0.1) is 11.3 Å². The zero-order chi connectivity index (χ0) is 18.5. The lowest BCUT2D eigenvalue weighted by Gasteiger charge is -2.37. The Bertz CT molecular complexity index is 1020. The largest absolute Gasteiger partial charge is 0.368 e. The van der Waals surface area contributed by atoms with Crippen molar-refractivity contribution >= 4 is 56.3 Å². The van der Waals surface area contributed by atoms with Crippen LogP contribution in [0.2, 0.25) is 10.0 Å². The van der Waals surface area contributed by atoms with Gasteiger partial charge in [0.25, 0.3) is 0 Å². The van der Waals surface area contributed by atoms with Crippen LogP contribution in [0, 0.1) is 6.92 Å². The van der Waals surface area contributed by atoms with Gasteiger partial charge in [0.15, 0.2) is 0 Å². The van der Waals surface area contributed by atoms with E-state index in [4.69, 9.17) is 33.2 Å². The molecule has 0 N–H and O–H groups in total. The van der Waals surface area contributed by atoms with Crippen molar-refractivity contribution < 1.29 is 0 Å². The molecule has 4 nitrogen and oxygen atoms in total. The number of aromatic nitrogens is 2. The molecule has 1 saturated heterocycles. The molecule has 3 heterocycles. The zero-order valence-corrected chi connectivity index (χ0v) is 17.5. The molecule has 0 spiro atoms. The van der Waals surface area contributed by atoms with Gasteiger partial charge in [-0.25, -0.2) is 9.97 Å². The van der Waals surface area contributed by atoms with E-state index in [0.717, 1.165) is 54.8 Å². The summed E-state index contributed by atoms with van der Waals surface area (Å²) in [4.78, 5) is 17.0. The van der Waals surface area contributed by atoms with Gasteiger partial charge in [-0.1, -0.05) is 23.2 Å². The van der Waals surface area contributed by atoms with Crippen LogP contribution in [0.1, 0.15) is 22.7 Å². The first-order valence-electron chi connectivity index (χ1n) is 9.34. The fraction of sp³-hybridized carbons (Fsp3) is 0.400. The molecule has 3 aromatic rings. The molecule has 0 unspecified atom stereocenters. The van der Waals surface area contributed by atoms with Gasteiger partial charge in [-0.3, -0.25) is 0 Å². The predicted molar refractivity (Wildman–Crippen MR) is 115 cm³/mol. The highest BCUT2D eigenvalue weighted by Crippen LogP contribution is 2.41. The average molecular weight is 419 g/mol. The Balaban J connectivity index is 1.43. The molecule has 2 aliphatic rings. The van der Waals surface area contributed by atoms with Gasteiger partial charge >= 0.3 is 0 Å². The number of piperazine rings is 1. The van der Waals surface area contributed by atoms with Gasteiger partial charge in [0.1, 0.15) is 16.5 Å². The van der Waals surface area contributed by atoms with E-state index in [0.29, 0.717) is 10.0 Å². The fourth-order valence-corrected chi connectivity index (χ4v) is 5.76. The molecule has 0 atom stereocenters. The average Bonchev–Trinajstić information content (AvgIpc) is 3.24. The van der Waals surface area contributed by atoms with Gasteiger partial charge in [0.05, 0.1) is 15.4 Å². The van der Waals surface area contributed by atoms with E-state index < -0.39 is 0 Å². The minimum Gasteiger partial charge on any atom is -0.368 e. The fourth-order valence-electron chi connectivity index (χ4n) is 4.17. The molecule has 1 aromatic carbocycles. The monoisotopic (exact) mass is 418 g/mol. The zero-order valence-electron chi connectivity index (χ0n) is 15.1. The van der Waals surface area contributed by atoms with Crippen molar-refractivity contribution in [1.29, 1.82) is 0 Å². The van der Waals surface area contributed by atoms with Gasteiger partial charge in [0, 0.05) is 36.7 Å². The topological polar surface area (TPSA) is 32.3 Å². The van der Waals surface area contributed by atoms with E-state index in [9.17, 15) is 0 Å². The van der Waals surface area contributed by atoms with Crippen LogP contribution in [0.3, 0.4) is 0 Å². The normalized spacial score (nSPS) is 17.0. The summed E-state index contributed by atoms with van der Waals surface area (Å²) in [6.45, 7) is 5.76. The molecule has 0 amide bonds. The summed E-state index contributed by atoms with van der Waals surface area (Å²) in [6.07, 6.45) is 3.62. The van der Waals surface area contributed by atoms with Crippen LogP contribution in [0.15, 0.2) is 18.2 Å². The Morgan fingerprint density at radius 1 is 0.963 bits per heavy atom. The number of hydrogen-bond donors (Lipinski definition) is 0. The minimum atomic E-state index is 0.601. The molecule has 1 aliphatic carbocycles. The molecule has 0 saturated carbocycles. The number of nitrogens with zero attached hydrogens (tertiary/aromatic N) is 4. The maximum Gasteiger partial charge on any atom is 0.141 e. The summed E-state index contributed by atoms with van der Waals surface area (Å²) in [5, 5.41) is 2.52. The quantitative estimate of drug-likeness (QED) is 0.577. The van der Waals surface area contributed by atoms with E-state index in [1.807, 2.05) is 36.5 Å². The predicted octanol–water partition coefficient (Wildman–Crippen LogP) is 5.12. The highest BCUT2D eigenvalue weighted by Gasteiger charge is 2.26. The van der Waals surface area contributed by atoms with Crippen molar-refractivity contribution in [3.8, 4) is 0 Å². The minimum absolute atomic E-state index is 0.601. The number of benzene rings is 1. The highest BCUT2D eigenvalue weighted by atomic mass is 35.5. The van der Waals surface area contributed by atoms with E-state index >= 15 is 0 Å². The number of fused-ring (bicyclic) bond motifs is 3. The van der Waals surface area contributed by atoms with Crippen LogP contribution in [-0.2, 0) is 12.8 Å². The van der Waals surface area contributed by atoms with Crippen LogP contribution >= 0.6 is 34.5 Å². The lowest BCUT2D eigenvalue weighted by Crippen LogP contribution is -2.47. The highest BCUT2D eigenvalue weighted by molar-refractivity contribution is 7.19. The third-order valence-corrected chi connectivity index (χ3v) is 7.43. The van der Waals surface area contributed by atoms with E-state index in [2.05, 4.69) is 9.80 Å². The van der Waals surface area contributed by atoms with Crippen molar-refractivity contribution in [2.75, 3.05) is 36.0 Å². The Morgan fingerprint density at radius 2 is 1.74 bits per heavy atom. The Labute approximate surface area is 172 Å². The van der Waals surface area contributed by atoms with Crippen LogP contribution in [0.25, 0.3) is 10.2 Å². The number of aryl methyl sites for hydroxylation is 3. The van der Waals surface area contributed by atoms with Crippen molar-refractivity contribution in [2.24, 2.45) is 0 Å². The number of rotatable bonds is 2. The number of hydrogen-bond acceptors (Lipinski definition) is 5. The molecule has 2 aromatic heterocycles. The maximum atomic E-state index is 6.20. The Hall–Kier alpha value is -1.56. The molecule has 7 heteroatoms. The second kappa shape index (κ2) is 6.80. The summed E-state index contributed by atoms with van der Waals surface area (Å²) >= 11 is 14.1. The number of halogens is 2. The first-order valence-corrected chi connectivity index (χ1v) is 10.9. The summed E-state index contributed by atoms with van der Waals surface area (Å²) in [7, 11) is 0. The van der Waals surface area contributed by atoms with E-state index in [1.54, 1.807) is 0 Å². The second-order valence-corrected chi connectivity index (χ2v) is 9.10. The van der Waals surface area contributed by atoms with E-state index in [-0.39, 0.29) is 0 Å². The molecule has 0 bridgehead atoms. The van der Waals surface area contributed by atoms with E-state index in [1.165, 1.54) is 28.7 Å². The summed E-state index contributed by atoms with van der Waals surface area (Å²) in [6, 6.07) is 5.87. The van der Waals surface area contributed by atoms with Gasteiger partial charge in [-0.2, -0.15) is 0 Å². The number of anilines is 2. The molecule has 1 aliphatic heterocycles. The summed E-state index contributed by atoms with van der Waals surface area (Å²) < 4.78 is 0. The molecule has 27 heavy (non-hydrogen) atoms. The van der Waals surface area contributed by atoms with Crippen LogP contribution in [0.4, 0.5) is 11.5 Å². The standard InChI is InChI=1S/C20H20Cl2N4S/c1-12-23-19(18-14-3-2-4-17(14)27-20(18)24-12)26-9-7-25(8-10-26)13-5-6-15(21)16(22)11-13/h5-6,11H,2-4,7-10H2,1H3. The smallest absolute Gasteiger partial charge is 0.141 e. The lowest BCUT2D eigenvalue weighted by molar-refractivity contribution is 0.648. The number of thiophene rings is 1. The first-order chi connectivity index (χ1) is 13.1. The Kier molecular flexibility index (Phi) is 4.42. The lowest BCUT2D eigenvalue weighted by atomic mass is 10.1. The van der Waals surface area contributed by atoms with Gasteiger partial charge < -0.3 is 9.80 Å². The van der Waals surface area contributed by atoms with Gasteiger partial charge in [-0.05, 0) is 49.9 Å². The van der Waals surface area contributed by atoms with Crippen molar-refractivity contribution in [1.82, 2.24) is 9.97 Å². The van der Waals surface area contributed by atoms with Crippen molar-refractivity contribution in [2.45, 2.75) is 26.2 Å². The van der Waals surface area contributed by atoms with Gasteiger partial charge in [0.2, 0.25) is 0 Å². The summed E-state index contributed by atoms with van der Waals surface area (Å²) in [5.74, 6) is 2.00. The molecule has 5 rings (SSSR count). The van der Waals surface area contributed by atoms with Crippen molar-refractivity contribution in [3.63, 3.8) is 0 Å². The molecular formula is C20H20Cl2N4S. The van der Waals surface area contributed by atoms with Crippen LogP contribution < -0.4 is 9.80 Å². The molecule has 1 fully saturated rings. The maximum absolute atomic E-state index is 6.20. The SMILES string of the molecule is Cc1nc(N2CCN(c3ccc(Cl)c(Cl)c3)CC2)c2c3c(sc2n1)CCC3. The molecular weight excluding hydrogens is 399 g/mol.